The number of ether oxygens (including phenoxy) is 3. The van der Waals surface area contributed by atoms with E-state index in [9.17, 15) is 19.5 Å². The fraction of sp³-hybridized carbons (Fsp3) is 0.526. The lowest BCUT2D eigenvalue weighted by Gasteiger charge is -2.25. The number of benzene rings is 1. The molecule has 2 atom stereocenters. The quantitative estimate of drug-likeness (QED) is 0.449. The van der Waals surface area contributed by atoms with Crippen LogP contribution in [-0.4, -0.2) is 83.3 Å². The van der Waals surface area contributed by atoms with E-state index in [0.29, 0.717) is 0 Å². The zero-order valence-corrected chi connectivity index (χ0v) is 19.5. The number of likely N-dealkylation sites (tertiary alicyclic amines) is 1. The third-order valence-corrected chi connectivity index (χ3v) is 5.18. The summed E-state index contributed by atoms with van der Waals surface area (Å²) in [6.45, 7) is -1.59. The van der Waals surface area contributed by atoms with Crippen molar-refractivity contribution >= 4 is 58.3 Å². The third-order valence-electron chi connectivity index (χ3n) is 4.86. The average Bonchev–Trinajstić information content (AvgIpc) is 3.20. The molecule has 1 fully saturated rings. The van der Waals surface area contributed by atoms with Crippen LogP contribution in [0, 0.1) is 5.92 Å². The Hall–Kier alpha value is -1.98. The zero-order chi connectivity index (χ0) is 24.1. The van der Waals surface area contributed by atoms with Crippen LogP contribution in [0.1, 0.15) is 16.8 Å². The number of aliphatic hydroxyl groups is 2. The molecule has 0 unspecified atom stereocenters. The Kier molecular flexibility index (Phi) is 9.23. The van der Waals surface area contributed by atoms with Crippen molar-refractivity contribution in [2.45, 2.75) is 16.3 Å². The number of carbonyl (C=O) groups is 3. The number of carbonyl (C=O) groups excluding carboxylic acids is 3. The lowest BCUT2D eigenvalue weighted by molar-refractivity contribution is -0.125. The van der Waals surface area contributed by atoms with Crippen molar-refractivity contribution < 1.29 is 38.8 Å². The Balaban J connectivity index is 2.38. The predicted molar refractivity (Wildman–Crippen MR) is 117 cm³/mol. The molecule has 0 radical (unpaired) electrons. The van der Waals surface area contributed by atoms with Gasteiger partial charge in [-0.1, -0.05) is 34.8 Å². The van der Waals surface area contributed by atoms with E-state index < -0.39 is 46.7 Å². The molecular weight excluding hydrogens is 491 g/mol. The van der Waals surface area contributed by atoms with Crippen LogP contribution in [0.5, 0.6) is 11.5 Å². The zero-order valence-electron chi connectivity index (χ0n) is 17.3. The number of nitrogens with one attached hydrogen (secondary N) is 1. The van der Waals surface area contributed by atoms with Crippen molar-refractivity contribution in [1.82, 2.24) is 4.90 Å². The lowest BCUT2D eigenvalue weighted by atomic mass is 10.0. The van der Waals surface area contributed by atoms with Crippen molar-refractivity contribution in [2.75, 3.05) is 45.9 Å². The molecule has 0 bridgehead atoms. The van der Waals surface area contributed by atoms with Crippen molar-refractivity contribution in [3.8, 4) is 11.5 Å². The van der Waals surface area contributed by atoms with E-state index in [1.807, 2.05) is 0 Å². The molecular formula is C19H23Cl3N2O8. The largest absolute Gasteiger partial charge is 0.493 e. The number of ketones is 1. The third kappa shape index (κ3) is 6.52. The molecule has 178 valence electrons. The maximum Gasteiger partial charge on any atom is 0.411 e. The molecule has 32 heavy (non-hydrogen) atoms. The number of hydrogen-bond acceptors (Lipinski definition) is 8. The van der Waals surface area contributed by atoms with Gasteiger partial charge >= 0.3 is 6.09 Å². The second-order valence-corrected chi connectivity index (χ2v) is 9.44. The summed E-state index contributed by atoms with van der Waals surface area (Å²) in [4.78, 5) is 38.8. The molecule has 2 amide bonds. The van der Waals surface area contributed by atoms with E-state index in [1.54, 1.807) is 0 Å². The Morgan fingerprint density at radius 2 is 1.78 bits per heavy atom. The number of alkyl halides is 3. The fourth-order valence-corrected chi connectivity index (χ4v) is 3.47. The van der Waals surface area contributed by atoms with Gasteiger partial charge in [-0.3, -0.25) is 14.9 Å². The first kappa shape index (κ1) is 26.3. The standard InChI is InChI=1S/C19H23Cl3N2O8/c1-30-15-4-12(17(28)24-6-10(14(27)8-26)3-11(24)7-25)13(5-16(15)31-2)23-18(29)32-9-19(20,21)22/h4-5,10-11,25-26H,3,6-9H2,1-2H3,(H,23,29)/t10-,11+/m1/s1. The van der Waals surface area contributed by atoms with Gasteiger partial charge in [-0.05, 0) is 12.5 Å². The Morgan fingerprint density at radius 3 is 2.31 bits per heavy atom. The van der Waals surface area contributed by atoms with Gasteiger partial charge in [-0.25, -0.2) is 4.79 Å². The molecule has 1 saturated heterocycles. The number of nitrogens with zero attached hydrogens (tertiary/aromatic N) is 1. The van der Waals surface area contributed by atoms with Crippen LogP contribution in [0.2, 0.25) is 0 Å². The highest BCUT2D eigenvalue weighted by molar-refractivity contribution is 6.67. The van der Waals surface area contributed by atoms with Gasteiger partial charge in [-0.15, -0.1) is 0 Å². The van der Waals surface area contributed by atoms with Gasteiger partial charge in [0.1, 0.15) is 13.2 Å². The summed E-state index contributed by atoms with van der Waals surface area (Å²) in [7, 11) is 2.74. The van der Waals surface area contributed by atoms with Crippen LogP contribution < -0.4 is 14.8 Å². The molecule has 0 spiro atoms. The van der Waals surface area contributed by atoms with Gasteiger partial charge in [0, 0.05) is 18.5 Å². The van der Waals surface area contributed by atoms with E-state index in [1.165, 1.54) is 31.3 Å². The van der Waals surface area contributed by atoms with Crippen LogP contribution in [0.25, 0.3) is 0 Å². The minimum atomic E-state index is -1.83. The van der Waals surface area contributed by atoms with Crippen LogP contribution in [0.4, 0.5) is 10.5 Å². The molecule has 0 saturated carbocycles. The number of amides is 2. The van der Waals surface area contributed by atoms with Crippen molar-refractivity contribution in [1.29, 1.82) is 0 Å². The molecule has 13 heteroatoms. The van der Waals surface area contributed by atoms with Gasteiger partial charge in [0.25, 0.3) is 5.91 Å². The predicted octanol–water partition coefficient (Wildman–Crippen LogP) is 2.01. The second-order valence-electron chi connectivity index (χ2n) is 6.92. The van der Waals surface area contributed by atoms with Crippen LogP contribution in [0.3, 0.4) is 0 Å². The van der Waals surface area contributed by atoms with Crippen molar-refractivity contribution in [3.05, 3.63) is 17.7 Å². The smallest absolute Gasteiger partial charge is 0.411 e. The highest BCUT2D eigenvalue weighted by Gasteiger charge is 2.39. The number of methoxy groups -OCH3 is 2. The first-order valence-corrected chi connectivity index (χ1v) is 10.5. The van der Waals surface area contributed by atoms with E-state index in [0.717, 1.165) is 0 Å². The van der Waals surface area contributed by atoms with Gasteiger partial charge in [0.05, 0.1) is 38.1 Å². The molecule has 1 aromatic carbocycles. The van der Waals surface area contributed by atoms with E-state index in [4.69, 9.17) is 54.1 Å². The summed E-state index contributed by atoms with van der Waals surface area (Å²) in [6.07, 6.45) is -0.797. The number of halogens is 3. The molecule has 1 aromatic rings. The van der Waals surface area contributed by atoms with Gasteiger partial charge in [0.15, 0.2) is 17.3 Å². The summed E-state index contributed by atoms with van der Waals surface area (Å²) >= 11 is 16.7. The molecule has 2 rings (SSSR count). The first-order chi connectivity index (χ1) is 15.0. The number of anilines is 1. The second kappa shape index (κ2) is 11.2. The highest BCUT2D eigenvalue weighted by Crippen LogP contribution is 2.36. The summed E-state index contributed by atoms with van der Waals surface area (Å²) in [5.74, 6) is -1.21. The Bertz CT molecular complexity index is 862. The minimum absolute atomic E-state index is 0.00501. The van der Waals surface area contributed by atoms with Crippen LogP contribution >= 0.6 is 34.8 Å². The summed E-state index contributed by atoms with van der Waals surface area (Å²) < 4.78 is 13.5. The molecule has 1 heterocycles. The molecule has 0 aliphatic carbocycles. The SMILES string of the molecule is COc1cc(NC(=O)OCC(Cl)(Cl)Cl)c(C(=O)N2C[C@H](C(=O)CO)C[C@H]2CO)cc1OC. The molecule has 3 N–H and O–H groups in total. The summed E-state index contributed by atoms with van der Waals surface area (Å²) in [6, 6.07) is 2.05. The minimum Gasteiger partial charge on any atom is -0.493 e. The lowest BCUT2D eigenvalue weighted by Crippen LogP contribution is -2.38. The molecule has 10 nitrogen and oxygen atoms in total. The maximum absolute atomic E-state index is 13.3. The van der Waals surface area contributed by atoms with Crippen LogP contribution in [-0.2, 0) is 9.53 Å². The van der Waals surface area contributed by atoms with Gasteiger partial charge in [0.2, 0.25) is 3.79 Å². The van der Waals surface area contributed by atoms with Gasteiger partial charge < -0.3 is 29.3 Å². The Labute approximate surface area is 199 Å². The summed E-state index contributed by atoms with van der Waals surface area (Å²) in [5, 5.41) is 21.2. The summed E-state index contributed by atoms with van der Waals surface area (Å²) in [5.41, 5.74) is -0.000349. The van der Waals surface area contributed by atoms with Crippen molar-refractivity contribution in [3.63, 3.8) is 0 Å². The molecule has 1 aliphatic heterocycles. The average molecular weight is 514 g/mol. The highest BCUT2D eigenvalue weighted by atomic mass is 35.6. The maximum atomic E-state index is 13.3. The topological polar surface area (TPSA) is 135 Å². The van der Waals surface area contributed by atoms with Crippen molar-refractivity contribution in [2.24, 2.45) is 5.92 Å². The first-order valence-electron chi connectivity index (χ1n) is 9.36. The van der Waals surface area contributed by atoms with Crippen LogP contribution in [0.15, 0.2) is 12.1 Å². The van der Waals surface area contributed by atoms with Gasteiger partial charge in [-0.2, -0.15) is 0 Å². The molecule has 1 aliphatic rings. The van der Waals surface area contributed by atoms with E-state index in [-0.39, 0.29) is 42.3 Å². The number of Topliss-reactive ketones (excluding diaryl/α,β-unsaturated/α-hetero) is 1. The van der Waals surface area contributed by atoms with E-state index >= 15 is 0 Å². The number of aliphatic hydroxyl groups excluding tert-OH is 2. The number of hydrogen-bond donors (Lipinski definition) is 3. The monoisotopic (exact) mass is 512 g/mol. The normalized spacial score (nSPS) is 18.3. The molecule has 0 aromatic heterocycles. The fourth-order valence-electron chi connectivity index (χ4n) is 3.31. The Morgan fingerprint density at radius 1 is 1.16 bits per heavy atom. The number of rotatable bonds is 8. The van der Waals surface area contributed by atoms with E-state index in [2.05, 4.69) is 5.32 Å².